The second-order valence-corrected chi connectivity index (χ2v) is 3.70. The highest BCUT2D eigenvalue weighted by Gasteiger charge is 2.14. The molecule has 0 aliphatic rings. The summed E-state index contributed by atoms with van der Waals surface area (Å²) in [5.74, 6) is -0.589. The minimum Gasteiger partial charge on any atom is -0.273 e. The van der Waals surface area contributed by atoms with Gasteiger partial charge in [0, 0.05) is 18.3 Å². The Bertz CT molecular complexity index is 375. The number of carbonyl (C=O) groups is 2. The molecule has 1 heterocycles. The summed E-state index contributed by atoms with van der Waals surface area (Å²) < 4.78 is 0. The summed E-state index contributed by atoms with van der Waals surface area (Å²) in [5, 5.41) is 0. The molecule has 1 aromatic rings. The van der Waals surface area contributed by atoms with Gasteiger partial charge in [0.15, 0.2) is 0 Å². The van der Waals surface area contributed by atoms with Crippen molar-refractivity contribution in [2.45, 2.75) is 26.7 Å². The first kappa shape index (κ1) is 13.2. The maximum absolute atomic E-state index is 11.6. The van der Waals surface area contributed by atoms with Crippen molar-refractivity contribution >= 4 is 11.8 Å². The van der Waals surface area contributed by atoms with E-state index in [1.54, 1.807) is 18.3 Å². The van der Waals surface area contributed by atoms with E-state index in [4.69, 9.17) is 0 Å². The molecule has 1 aromatic heterocycles. The van der Waals surface area contributed by atoms with E-state index >= 15 is 0 Å². The van der Waals surface area contributed by atoms with Gasteiger partial charge < -0.3 is 0 Å². The van der Waals surface area contributed by atoms with Crippen LogP contribution in [-0.4, -0.2) is 16.8 Å². The van der Waals surface area contributed by atoms with Gasteiger partial charge >= 0.3 is 0 Å². The number of aromatic nitrogens is 1. The fraction of sp³-hybridized carbons (Fsp3) is 0.417. The average molecular weight is 235 g/mol. The molecule has 2 N–H and O–H groups in total. The summed E-state index contributed by atoms with van der Waals surface area (Å²) in [6.07, 6.45) is 4.54. The lowest BCUT2D eigenvalue weighted by atomic mass is 10.0. The van der Waals surface area contributed by atoms with E-state index in [1.807, 2.05) is 13.8 Å². The van der Waals surface area contributed by atoms with Crippen molar-refractivity contribution in [2.24, 2.45) is 5.92 Å². The summed E-state index contributed by atoms with van der Waals surface area (Å²) in [5.41, 5.74) is 5.20. The van der Waals surface area contributed by atoms with Crippen LogP contribution >= 0.6 is 0 Å². The smallest absolute Gasteiger partial charge is 0.271 e. The minimum absolute atomic E-state index is 0.0656. The van der Waals surface area contributed by atoms with E-state index in [-0.39, 0.29) is 17.7 Å². The molecule has 0 bridgehead atoms. The fourth-order valence-electron chi connectivity index (χ4n) is 1.45. The van der Waals surface area contributed by atoms with E-state index in [1.165, 1.54) is 6.20 Å². The molecule has 0 aliphatic carbocycles. The first-order chi connectivity index (χ1) is 8.19. The number of rotatable bonds is 4. The van der Waals surface area contributed by atoms with Crippen LogP contribution in [0.15, 0.2) is 24.5 Å². The monoisotopic (exact) mass is 235 g/mol. The molecule has 0 aliphatic heterocycles. The van der Waals surface area contributed by atoms with E-state index in [0.29, 0.717) is 5.56 Å². The van der Waals surface area contributed by atoms with Crippen LogP contribution in [0.1, 0.15) is 37.0 Å². The van der Waals surface area contributed by atoms with Gasteiger partial charge in [0.1, 0.15) is 0 Å². The van der Waals surface area contributed by atoms with E-state index in [9.17, 15) is 9.59 Å². The maximum atomic E-state index is 11.6. The Labute approximate surface area is 101 Å². The Morgan fingerprint density at radius 2 is 2.00 bits per heavy atom. The van der Waals surface area contributed by atoms with Crippen LogP contribution in [-0.2, 0) is 4.79 Å². The minimum atomic E-state index is -0.364. The third-order valence-corrected chi connectivity index (χ3v) is 2.58. The van der Waals surface area contributed by atoms with E-state index < -0.39 is 0 Å². The fourth-order valence-corrected chi connectivity index (χ4v) is 1.45. The molecule has 0 fully saturated rings. The predicted molar refractivity (Wildman–Crippen MR) is 63.9 cm³/mol. The molecular formula is C12H17N3O2. The van der Waals surface area contributed by atoms with Gasteiger partial charge in [-0.25, -0.2) is 0 Å². The number of nitrogens with zero attached hydrogens (tertiary/aromatic N) is 1. The van der Waals surface area contributed by atoms with Crippen LogP contribution in [0.4, 0.5) is 0 Å². The number of pyridine rings is 1. The molecule has 5 heteroatoms. The van der Waals surface area contributed by atoms with Crippen LogP contribution in [0, 0.1) is 5.92 Å². The maximum Gasteiger partial charge on any atom is 0.271 e. The number of nitrogens with one attached hydrogen (secondary N) is 2. The summed E-state index contributed by atoms with van der Waals surface area (Å²) in [4.78, 5) is 27.0. The lowest BCUT2D eigenvalue weighted by molar-refractivity contribution is -0.125. The molecule has 0 unspecified atom stereocenters. The van der Waals surface area contributed by atoms with Crippen molar-refractivity contribution in [1.82, 2.24) is 15.8 Å². The largest absolute Gasteiger partial charge is 0.273 e. The molecule has 0 aromatic carbocycles. The van der Waals surface area contributed by atoms with Gasteiger partial charge in [0.25, 0.3) is 5.91 Å². The van der Waals surface area contributed by atoms with Gasteiger partial charge in [0.05, 0.1) is 5.56 Å². The molecule has 2 amide bonds. The number of hydrazine groups is 1. The quantitative estimate of drug-likeness (QED) is 0.772. The third-order valence-electron chi connectivity index (χ3n) is 2.58. The predicted octanol–water partition coefficient (Wildman–Crippen LogP) is 1.28. The normalized spacial score (nSPS) is 10.1. The first-order valence-corrected chi connectivity index (χ1v) is 5.69. The highest BCUT2D eigenvalue weighted by molar-refractivity contribution is 5.95. The lowest BCUT2D eigenvalue weighted by Crippen LogP contribution is -2.44. The van der Waals surface area contributed by atoms with Crippen LogP contribution in [0.3, 0.4) is 0 Å². The average Bonchev–Trinajstić information content (AvgIpc) is 2.38. The Balaban J connectivity index is 2.46. The highest BCUT2D eigenvalue weighted by atomic mass is 16.2. The van der Waals surface area contributed by atoms with Crippen molar-refractivity contribution in [3.63, 3.8) is 0 Å². The van der Waals surface area contributed by atoms with Crippen LogP contribution < -0.4 is 10.9 Å². The molecular weight excluding hydrogens is 218 g/mol. The molecule has 0 saturated heterocycles. The van der Waals surface area contributed by atoms with Gasteiger partial charge in [-0.05, 0) is 25.0 Å². The molecule has 17 heavy (non-hydrogen) atoms. The van der Waals surface area contributed by atoms with Gasteiger partial charge in [-0.3, -0.25) is 25.4 Å². The van der Waals surface area contributed by atoms with Crippen molar-refractivity contribution in [1.29, 1.82) is 0 Å². The highest BCUT2D eigenvalue weighted by Crippen LogP contribution is 2.06. The third kappa shape index (κ3) is 3.86. The first-order valence-electron chi connectivity index (χ1n) is 5.69. The molecule has 0 spiro atoms. The molecule has 0 radical (unpaired) electrons. The summed E-state index contributed by atoms with van der Waals surface area (Å²) in [7, 11) is 0. The summed E-state index contributed by atoms with van der Waals surface area (Å²) in [6.45, 7) is 3.88. The van der Waals surface area contributed by atoms with E-state index in [0.717, 1.165) is 12.8 Å². The van der Waals surface area contributed by atoms with E-state index in [2.05, 4.69) is 15.8 Å². The number of hydrogen-bond acceptors (Lipinski definition) is 3. The van der Waals surface area contributed by atoms with Crippen molar-refractivity contribution < 1.29 is 9.59 Å². The number of carbonyl (C=O) groups excluding carboxylic acids is 2. The zero-order chi connectivity index (χ0) is 12.7. The zero-order valence-electron chi connectivity index (χ0n) is 10.1. The van der Waals surface area contributed by atoms with Crippen molar-refractivity contribution in [2.75, 3.05) is 0 Å². The van der Waals surface area contributed by atoms with Crippen LogP contribution in [0.2, 0.25) is 0 Å². The zero-order valence-corrected chi connectivity index (χ0v) is 10.1. The molecule has 5 nitrogen and oxygen atoms in total. The topological polar surface area (TPSA) is 71.1 Å². The van der Waals surface area contributed by atoms with Crippen LogP contribution in [0.25, 0.3) is 0 Å². The standard InChI is InChI=1S/C12H17N3O2/c1-3-9(4-2)11(16)14-15-12(17)10-6-5-7-13-8-10/h5-9H,3-4H2,1-2H3,(H,14,16)(H,15,17). The van der Waals surface area contributed by atoms with Crippen molar-refractivity contribution in [3.8, 4) is 0 Å². The second kappa shape index (κ2) is 6.62. The van der Waals surface area contributed by atoms with Crippen molar-refractivity contribution in [3.05, 3.63) is 30.1 Å². The Morgan fingerprint density at radius 3 is 2.53 bits per heavy atom. The Hall–Kier alpha value is -1.91. The Morgan fingerprint density at radius 1 is 1.29 bits per heavy atom. The molecule has 1 rings (SSSR count). The summed E-state index contributed by atoms with van der Waals surface area (Å²) >= 11 is 0. The van der Waals surface area contributed by atoms with Crippen LogP contribution in [0.5, 0.6) is 0 Å². The molecule has 92 valence electrons. The lowest BCUT2D eigenvalue weighted by Gasteiger charge is -2.13. The van der Waals surface area contributed by atoms with Gasteiger partial charge in [0.2, 0.25) is 5.91 Å². The number of amides is 2. The summed E-state index contributed by atoms with van der Waals surface area (Å²) in [6, 6.07) is 3.29. The molecule has 0 atom stereocenters. The van der Waals surface area contributed by atoms with Gasteiger partial charge in [-0.2, -0.15) is 0 Å². The second-order valence-electron chi connectivity index (χ2n) is 3.70. The van der Waals surface area contributed by atoms with Gasteiger partial charge in [-0.1, -0.05) is 13.8 Å². The Kier molecular flexibility index (Phi) is 5.13. The molecule has 0 saturated carbocycles. The van der Waals surface area contributed by atoms with Gasteiger partial charge in [-0.15, -0.1) is 0 Å². The SMILES string of the molecule is CCC(CC)C(=O)NNC(=O)c1cccnc1. The number of hydrogen-bond donors (Lipinski definition) is 2.